The van der Waals surface area contributed by atoms with Crippen LogP contribution in [-0.2, 0) is 15.0 Å². The topological polar surface area (TPSA) is 86.7 Å². The van der Waals surface area contributed by atoms with E-state index in [1.54, 1.807) is 0 Å². The number of fused-ring (bicyclic) bond motifs is 1. The molecule has 5 unspecified atom stereocenters. The Kier molecular flexibility index (Phi) is 5.08. The van der Waals surface area contributed by atoms with Crippen molar-refractivity contribution in [2.75, 3.05) is 6.54 Å². The Labute approximate surface area is 145 Å². The maximum Gasteiger partial charge on any atom is 0.280 e. The van der Waals surface area contributed by atoms with Gasteiger partial charge in [0.25, 0.3) is 10.2 Å². The Balaban J connectivity index is 1.78. The number of hydrogen-bond acceptors (Lipinski definition) is 4. The first-order chi connectivity index (χ1) is 11.3. The zero-order valence-electron chi connectivity index (χ0n) is 14.6. The van der Waals surface area contributed by atoms with Gasteiger partial charge in [0.2, 0.25) is 0 Å². The summed E-state index contributed by atoms with van der Waals surface area (Å²) in [5, 5.41) is 10.6. The lowest BCUT2D eigenvalue weighted by Gasteiger charge is -2.50. The van der Waals surface area contributed by atoms with Crippen LogP contribution in [0.15, 0.2) is 0 Å². The highest BCUT2D eigenvalue weighted by atomic mass is 32.2. The molecule has 2 aliphatic carbocycles. The summed E-state index contributed by atoms with van der Waals surface area (Å²) in [6.07, 6.45) is 7.20. The van der Waals surface area contributed by atoms with Crippen molar-refractivity contribution in [1.82, 2.24) is 9.03 Å². The van der Waals surface area contributed by atoms with Crippen LogP contribution in [-0.4, -0.2) is 48.8 Å². The number of carbonyl (C=O) groups excluding carboxylic acids is 1. The lowest BCUT2D eigenvalue weighted by Crippen LogP contribution is -2.52. The van der Waals surface area contributed by atoms with Crippen LogP contribution < -0.4 is 4.72 Å². The summed E-state index contributed by atoms with van der Waals surface area (Å²) in [7, 11) is -3.67. The number of aliphatic hydroxyl groups is 1. The minimum atomic E-state index is -3.67. The van der Waals surface area contributed by atoms with Gasteiger partial charge < -0.3 is 9.90 Å². The van der Waals surface area contributed by atoms with Crippen molar-refractivity contribution in [1.29, 1.82) is 0 Å². The lowest BCUT2D eigenvalue weighted by molar-refractivity contribution is -0.109. The molecule has 0 radical (unpaired) electrons. The molecule has 2 saturated carbocycles. The number of nitrogens with zero attached hydrogens (tertiary/aromatic N) is 1. The van der Waals surface area contributed by atoms with Crippen molar-refractivity contribution in [2.24, 2.45) is 17.3 Å². The van der Waals surface area contributed by atoms with Crippen molar-refractivity contribution in [3.8, 4) is 0 Å². The third-order valence-corrected chi connectivity index (χ3v) is 8.60. The highest BCUT2D eigenvalue weighted by Gasteiger charge is 2.49. The zero-order valence-corrected chi connectivity index (χ0v) is 15.5. The zero-order chi connectivity index (χ0) is 17.5. The summed E-state index contributed by atoms with van der Waals surface area (Å²) >= 11 is 0. The minimum Gasteiger partial charge on any atom is -0.391 e. The van der Waals surface area contributed by atoms with E-state index in [0.717, 1.165) is 25.7 Å². The van der Waals surface area contributed by atoms with Crippen molar-refractivity contribution >= 4 is 16.5 Å². The minimum absolute atomic E-state index is 0.137. The van der Waals surface area contributed by atoms with Gasteiger partial charge in [0.1, 0.15) is 6.29 Å². The van der Waals surface area contributed by atoms with Gasteiger partial charge in [0.15, 0.2) is 0 Å². The molecule has 1 heterocycles. The molecule has 3 rings (SSSR count). The van der Waals surface area contributed by atoms with Crippen LogP contribution >= 0.6 is 0 Å². The maximum absolute atomic E-state index is 12.3. The van der Waals surface area contributed by atoms with E-state index >= 15 is 0 Å². The van der Waals surface area contributed by atoms with Crippen LogP contribution in [0.4, 0.5) is 0 Å². The van der Waals surface area contributed by atoms with Gasteiger partial charge in [0, 0.05) is 6.54 Å². The molecular weight excluding hydrogens is 328 g/mol. The second-order valence-corrected chi connectivity index (χ2v) is 9.67. The average molecular weight is 359 g/mol. The summed E-state index contributed by atoms with van der Waals surface area (Å²) in [6.45, 7) is 4.64. The predicted octanol–water partition coefficient (Wildman–Crippen LogP) is 1.45. The van der Waals surface area contributed by atoms with Crippen LogP contribution in [0.25, 0.3) is 0 Å². The third kappa shape index (κ3) is 3.16. The number of aliphatic hydroxyl groups excluding tert-OH is 1. The molecule has 6 nitrogen and oxygen atoms in total. The summed E-state index contributed by atoms with van der Waals surface area (Å²) in [5.74, 6) is 0.972. The molecule has 5 atom stereocenters. The van der Waals surface area contributed by atoms with Gasteiger partial charge in [-0.05, 0) is 49.4 Å². The second-order valence-electron chi connectivity index (χ2n) is 8.01. The molecule has 0 bridgehead atoms. The average Bonchev–Trinajstić information content (AvgIpc) is 2.88. The number of nitrogens with one attached hydrogen (secondary N) is 1. The van der Waals surface area contributed by atoms with E-state index in [2.05, 4.69) is 18.6 Å². The quantitative estimate of drug-likeness (QED) is 0.745. The molecule has 24 heavy (non-hydrogen) atoms. The second kappa shape index (κ2) is 6.67. The summed E-state index contributed by atoms with van der Waals surface area (Å²) in [5.41, 5.74) is 0.376. The van der Waals surface area contributed by atoms with E-state index in [9.17, 15) is 18.3 Å². The van der Waals surface area contributed by atoms with Gasteiger partial charge in [-0.25, -0.2) is 0 Å². The van der Waals surface area contributed by atoms with E-state index in [1.807, 2.05) is 0 Å². The number of rotatable bonds is 4. The van der Waals surface area contributed by atoms with E-state index in [-0.39, 0.29) is 6.54 Å². The van der Waals surface area contributed by atoms with E-state index in [0.29, 0.717) is 36.4 Å². The fourth-order valence-corrected chi connectivity index (χ4v) is 6.84. The molecule has 0 aromatic heterocycles. The Hall–Kier alpha value is -0.500. The van der Waals surface area contributed by atoms with E-state index in [4.69, 9.17) is 0 Å². The Morgan fingerprint density at radius 3 is 2.54 bits per heavy atom. The number of hydrogen-bond donors (Lipinski definition) is 2. The molecule has 2 N–H and O–H groups in total. The van der Waals surface area contributed by atoms with Gasteiger partial charge in [-0.3, -0.25) is 0 Å². The van der Waals surface area contributed by atoms with E-state index < -0.39 is 28.4 Å². The molecule has 0 spiro atoms. The van der Waals surface area contributed by atoms with Crippen molar-refractivity contribution in [2.45, 2.75) is 77.0 Å². The highest BCUT2D eigenvalue weighted by molar-refractivity contribution is 7.87. The van der Waals surface area contributed by atoms with E-state index in [1.165, 1.54) is 10.7 Å². The van der Waals surface area contributed by atoms with Crippen LogP contribution in [0.5, 0.6) is 0 Å². The van der Waals surface area contributed by atoms with Crippen LogP contribution in [0.2, 0.25) is 0 Å². The fourth-order valence-electron chi connectivity index (χ4n) is 5.25. The van der Waals surface area contributed by atoms with Gasteiger partial charge in [0.05, 0.1) is 18.2 Å². The van der Waals surface area contributed by atoms with Crippen LogP contribution in [0.1, 0.15) is 58.8 Å². The first kappa shape index (κ1) is 18.3. The maximum atomic E-state index is 12.3. The number of aldehydes is 1. The van der Waals surface area contributed by atoms with Crippen LogP contribution in [0.3, 0.4) is 0 Å². The van der Waals surface area contributed by atoms with Gasteiger partial charge in [-0.1, -0.05) is 26.7 Å². The Morgan fingerprint density at radius 1 is 1.25 bits per heavy atom. The molecule has 0 aromatic rings. The summed E-state index contributed by atoms with van der Waals surface area (Å²) in [6, 6.07) is -1.10. The SMILES string of the molecule is CCC1(CC)CCC2CC(O)C(N3CC(C=O)NS3(=O)=O)CC2C1. The Morgan fingerprint density at radius 2 is 1.96 bits per heavy atom. The summed E-state index contributed by atoms with van der Waals surface area (Å²) < 4.78 is 28.4. The molecule has 138 valence electrons. The Bertz CT molecular complexity index is 575. The first-order valence-corrected chi connectivity index (χ1v) is 10.7. The van der Waals surface area contributed by atoms with Crippen molar-refractivity contribution in [3.05, 3.63) is 0 Å². The normalized spacial score (nSPS) is 41.7. The standard InChI is InChI=1S/C17H30N2O4S/c1-3-17(4-2)6-5-12-8-16(21)15(7-13(12)9-17)19-10-14(11-20)18-24(19,22)23/h11-16,18,21H,3-10H2,1-2H3. The highest BCUT2D eigenvalue weighted by Crippen LogP contribution is 2.52. The molecule has 7 heteroatoms. The molecule has 1 aliphatic heterocycles. The lowest BCUT2D eigenvalue weighted by atomic mass is 9.58. The first-order valence-electron chi connectivity index (χ1n) is 9.26. The molecule has 0 aromatic carbocycles. The number of carbonyl (C=O) groups is 1. The largest absolute Gasteiger partial charge is 0.391 e. The summed E-state index contributed by atoms with van der Waals surface area (Å²) in [4.78, 5) is 11.0. The van der Waals surface area contributed by atoms with Gasteiger partial charge >= 0.3 is 0 Å². The van der Waals surface area contributed by atoms with Crippen LogP contribution in [0, 0.1) is 17.3 Å². The van der Waals surface area contributed by atoms with Crippen molar-refractivity contribution < 1.29 is 18.3 Å². The molecule has 0 amide bonds. The third-order valence-electron chi connectivity index (χ3n) is 6.96. The van der Waals surface area contributed by atoms with Gasteiger partial charge in [-0.2, -0.15) is 17.4 Å². The van der Waals surface area contributed by atoms with Gasteiger partial charge in [-0.15, -0.1) is 0 Å². The monoisotopic (exact) mass is 358 g/mol. The molecule has 3 aliphatic rings. The molecule has 3 fully saturated rings. The predicted molar refractivity (Wildman–Crippen MR) is 91.5 cm³/mol. The van der Waals surface area contributed by atoms with Crippen molar-refractivity contribution in [3.63, 3.8) is 0 Å². The molecular formula is C17H30N2O4S. The smallest absolute Gasteiger partial charge is 0.280 e. The fraction of sp³-hybridized carbons (Fsp3) is 0.941. The molecule has 1 saturated heterocycles.